The molecule has 1 fully saturated rings. The highest BCUT2D eigenvalue weighted by molar-refractivity contribution is 5.92. The lowest BCUT2D eigenvalue weighted by Crippen LogP contribution is -2.44. The van der Waals surface area contributed by atoms with E-state index in [2.05, 4.69) is 15.3 Å². The van der Waals surface area contributed by atoms with Crippen LogP contribution in [0, 0.1) is 0 Å². The Morgan fingerprint density at radius 1 is 1.25 bits per heavy atom. The number of hydrogen-bond acceptors (Lipinski definition) is 5. The van der Waals surface area contributed by atoms with Gasteiger partial charge in [0.05, 0.1) is 30.3 Å². The zero-order valence-corrected chi connectivity index (χ0v) is 15.3. The second kappa shape index (κ2) is 8.24. The molecule has 0 radical (unpaired) electrons. The number of hydrogen-bond donors (Lipinski definition) is 2. The summed E-state index contributed by atoms with van der Waals surface area (Å²) < 4.78 is 38.6. The van der Waals surface area contributed by atoms with E-state index in [4.69, 9.17) is 0 Å². The first-order chi connectivity index (χ1) is 13.3. The molecule has 2 aromatic rings. The van der Waals surface area contributed by atoms with E-state index in [1.165, 1.54) is 18.5 Å². The zero-order chi connectivity index (χ0) is 20.3. The number of carbonyl (C=O) groups is 1. The molecule has 1 aliphatic heterocycles. The van der Waals surface area contributed by atoms with E-state index in [1.54, 1.807) is 11.9 Å². The van der Waals surface area contributed by atoms with Gasteiger partial charge in [-0.15, -0.1) is 0 Å². The molecule has 1 aliphatic rings. The summed E-state index contributed by atoms with van der Waals surface area (Å²) in [5, 5.41) is 12.7. The van der Waals surface area contributed by atoms with Crippen LogP contribution in [0.3, 0.4) is 0 Å². The molecular formula is C19H21F3N4O2. The molecule has 1 aromatic carbocycles. The number of amides is 1. The van der Waals surface area contributed by atoms with E-state index < -0.39 is 18.3 Å². The highest BCUT2D eigenvalue weighted by Crippen LogP contribution is 2.33. The van der Waals surface area contributed by atoms with Crippen molar-refractivity contribution in [2.45, 2.75) is 31.7 Å². The number of piperidine rings is 1. The molecule has 0 spiro atoms. The van der Waals surface area contributed by atoms with Crippen LogP contribution in [0.5, 0.6) is 0 Å². The normalized spacial score (nSPS) is 15.5. The summed E-state index contributed by atoms with van der Waals surface area (Å²) >= 11 is 0. The maximum Gasteiger partial charge on any atom is 0.416 e. The van der Waals surface area contributed by atoms with E-state index in [0.29, 0.717) is 11.3 Å². The highest BCUT2D eigenvalue weighted by Gasteiger charge is 2.31. The van der Waals surface area contributed by atoms with Crippen LogP contribution >= 0.6 is 0 Å². The third kappa shape index (κ3) is 4.31. The largest absolute Gasteiger partial charge is 0.416 e. The van der Waals surface area contributed by atoms with E-state index in [-0.39, 0.29) is 23.2 Å². The Morgan fingerprint density at radius 2 is 1.96 bits per heavy atom. The number of nitrogens with zero attached hydrogens (tertiary/aromatic N) is 3. The van der Waals surface area contributed by atoms with Gasteiger partial charge in [-0.25, -0.2) is 4.98 Å². The van der Waals surface area contributed by atoms with Gasteiger partial charge in [0.15, 0.2) is 0 Å². The van der Waals surface area contributed by atoms with Gasteiger partial charge in [0.25, 0.3) is 5.91 Å². The first-order valence-electron chi connectivity index (χ1n) is 8.92. The maximum atomic E-state index is 12.9. The van der Waals surface area contributed by atoms with Crippen molar-refractivity contribution in [3.8, 4) is 11.3 Å². The van der Waals surface area contributed by atoms with E-state index in [9.17, 15) is 23.1 Å². The van der Waals surface area contributed by atoms with E-state index in [0.717, 1.165) is 38.1 Å². The Hall–Kier alpha value is -2.52. The van der Waals surface area contributed by atoms with Gasteiger partial charge in [-0.2, -0.15) is 13.2 Å². The first-order valence-corrected chi connectivity index (χ1v) is 8.92. The Bertz CT molecular complexity index is 834. The van der Waals surface area contributed by atoms with Crippen LogP contribution in [0.15, 0.2) is 30.6 Å². The zero-order valence-electron chi connectivity index (χ0n) is 15.3. The van der Waals surface area contributed by atoms with Crippen LogP contribution in [-0.2, 0) is 12.8 Å². The maximum absolute atomic E-state index is 12.9. The van der Waals surface area contributed by atoms with E-state index >= 15 is 0 Å². The number of benzene rings is 1. The smallest absolute Gasteiger partial charge is 0.392 e. The van der Waals surface area contributed by atoms with Crippen molar-refractivity contribution < 1.29 is 23.1 Å². The fourth-order valence-electron chi connectivity index (χ4n) is 3.27. The molecule has 1 aromatic heterocycles. The topological polar surface area (TPSA) is 78.4 Å². The first kappa shape index (κ1) is 20.2. The van der Waals surface area contributed by atoms with Crippen molar-refractivity contribution in [2.75, 3.05) is 20.1 Å². The summed E-state index contributed by atoms with van der Waals surface area (Å²) in [4.78, 5) is 22.6. The van der Waals surface area contributed by atoms with Crippen LogP contribution in [0.1, 0.15) is 34.5 Å². The lowest BCUT2D eigenvalue weighted by molar-refractivity contribution is -0.137. The van der Waals surface area contributed by atoms with Crippen LogP contribution in [0.2, 0.25) is 0 Å². The van der Waals surface area contributed by atoms with Crippen LogP contribution in [0.4, 0.5) is 13.2 Å². The van der Waals surface area contributed by atoms with Gasteiger partial charge in [-0.1, -0.05) is 6.07 Å². The predicted octanol–water partition coefficient (Wildman–Crippen LogP) is 2.48. The van der Waals surface area contributed by atoms with Crippen molar-refractivity contribution >= 4 is 5.91 Å². The predicted molar refractivity (Wildman–Crippen MR) is 96.4 cm³/mol. The summed E-state index contributed by atoms with van der Waals surface area (Å²) in [5.41, 5.74) is 0.0495. The fourth-order valence-corrected chi connectivity index (χ4v) is 3.27. The molecule has 150 valence electrons. The number of aliphatic hydroxyl groups is 1. The van der Waals surface area contributed by atoms with Crippen LogP contribution < -0.4 is 5.32 Å². The average Bonchev–Trinajstić information content (AvgIpc) is 2.72. The van der Waals surface area contributed by atoms with Gasteiger partial charge in [0, 0.05) is 18.7 Å². The summed E-state index contributed by atoms with van der Waals surface area (Å²) in [7, 11) is 1.73. The molecule has 9 heteroatoms. The molecule has 1 amide bonds. The molecule has 0 aliphatic carbocycles. The lowest BCUT2D eigenvalue weighted by atomic mass is 10.0. The number of aliphatic hydroxyl groups excluding tert-OH is 1. The molecule has 1 saturated heterocycles. The van der Waals surface area contributed by atoms with Crippen molar-refractivity contribution in [3.63, 3.8) is 0 Å². The Kier molecular flexibility index (Phi) is 5.95. The average molecular weight is 394 g/mol. The Balaban J connectivity index is 1.81. The lowest BCUT2D eigenvalue weighted by Gasteiger charge is -2.31. The number of nitrogens with one attached hydrogen (secondary N) is 1. The summed E-state index contributed by atoms with van der Waals surface area (Å²) in [6.07, 6.45) is -0.124. The highest BCUT2D eigenvalue weighted by atomic mass is 19.4. The van der Waals surface area contributed by atoms with Crippen molar-refractivity contribution in [2.24, 2.45) is 0 Å². The van der Waals surface area contributed by atoms with Crippen LogP contribution in [-0.4, -0.2) is 52.1 Å². The third-order valence-corrected chi connectivity index (χ3v) is 4.93. The quantitative estimate of drug-likeness (QED) is 0.833. The minimum absolute atomic E-state index is 0.0926. The standard InChI is InChI=1S/C19H21F3N4O2/c1-26(14-4-6-23-7-5-14)18(28)17-10-24-16(9-25-17)15-3-2-13(19(20,21)22)8-12(15)11-27/h2-3,8-10,14,23,27H,4-7,11H2,1H3. The van der Waals surface area contributed by atoms with Crippen molar-refractivity contribution in [3.05, 3.63) is 47.4 Å². The summed E-state index contributed by atoms with van der Waals surface area (Å²) in [5.74, 6) is -0.249. The summed E-state index contributed by atoms with van der Waals surface area (Å²) in [6.45, 7) is 1.13. The molecule has 0 bridgehead atoms. The second-order valence-corrected chi connectivity index (χ2v) is 6.71. The molecule has 2 N–H and O–H groups in total. The number of rotatable bonds is 4. The molecule has 2 heterocycles. The molecular weight excluding hydrogens is 373 g/mol. The van der Waals surface area contributed by atoms with Crippen molar-refractivity contribution in [1.82, 2.24) is 20.2 Å². The minimum Gasteiger partial charge on any atom is -0.392 e. The van der Waals surface area contributed by atoms with Gasteiger partial charge in [-0.3, -0.25) is 9.78 Å². The van der Waals surface area contributed by atoms with Gasteiger partial charge in [-0.05, 0) is 43.6 Å². The van der Waals surface area contributed by atoms with Crippen molar-refractivity contribution in [1.29, 1.82) is 0 Å². The number of alkyl halides is 3. The summed E-state index contributed by atoms with van der Waals surface area (Å²) in [6, 6.07) is 3.20. The number of halogens is 3. The molecule has 0 unspecified atom stereocenters. The van der Waals surface area contributed by atoms with Crippen LogP contribution in [0.25, 0.3) is 11.3 Å². The Morgan fingerprint density at radius 3 is 2.54 bits per heavy atom. The molecule has 0 saturated carbocycles. The fraction of sp³-hybridized carbons (Fsp3) is 0.421. The molecule has 0 atom stereocenters. The molecule has 28 heavy (non-hydrogen) atoms. The SMILES string of the molecule is CN(C(=O)c1cnc(-c2ccc(C(F)(F)F)cc2CO)cn1)C1CCNCC1. The third-order valence-electron chi connectivity index (χ3n) is 4.93. The van der Waals surface area contributed by atoms with Gasteiger partial charge in [0.2, 0.25) is 0 Å². The van der Waals surface area contributed by atoms with Gasteiger partial charge < -0.3 is 15.3 Å². The monoisotopic (exact) mass is 394 g/mol. The van der Waals surface area contributed by atoms with Gasteiger partial charge in [0.1, 0.15) is 5.69 Å². The van der Waals surface area contributed by atoms with Gasteiger partial charge >= 0.3 is 6.18 Å². The number of carbonyl (C=O) groups excluding carboxylic acids is 1. The Labute approximate surface area is 160 Å². The molecule has 3 rings (SSSR count). The second-order valence-electron chi connectivity index (χ2n) is 6.71. The molecule has 6 nitrogen and oxygen atoms in total. The number of aromatic nitrogens is 2. The van der Waals surface area contributed by atoms with E-state index in [1.807, 2.05) is 0 Å². The minimum atomic E-state index is -4.50.